The normalized spacial score (nSPS) is 31.0. The smallest absolute Gasteiger partial charge is 0.231 e. The second kappa shape index (κ2) is 17.1. The third-order valence-electron chi connectivity index (χ3n) is 15.7. The van der Waals surface area contributed by atoms with Crippen LogP contribution in [0, 0.1) is 46.3 Å². The molecule has 0 atom stereocenters. The maximum Gasteiger partial charge on any atom is 0.231 e. The number of anilines is 2. The number of amides is 2. The Morgan fingerprint density at radius 2 is 1.11 bits per heavy atom. The molecule has 8 bridgehead atoms. The zero-order chi connectivity index (χ0) is 41.4. The number of hydrogen-bond donors (Lipinski definition) is 3. The van der Waals surface area contributed by atoms with E-state index >= 15 is 0 Å². The molecule has 4 aromatic rings. The molecule has 0 unspecified atom stereocenters. The first-order chi connectivity index (χ1) is 29.8. The van der Waals surface area contributed by atoms with Crippen LogP contribution in [0.4, 0.5) is 11.6 Å². The average Bonchev–Trinajstić information content (AvgIpc) is 3.27. The van der Waals surface area contributed by atoms with Crippen LogP contribution in [0.1, 0.15) is 115 Å². The second-order valence-electron chi connectivity index (χ2n) is 20.0. The molecule has 0 radical (unpaired) electrons. The minimum Gasteiger partial charge on any atom is -0.311 e. The summed E-state index contributed by atoms with van der Waals surface area (Å²) in [6, 6.07) is 19.7. The van der Waals surface area contributed by atoms with E-state index in [9.17, 15) is 14.4 Å². The standard InChI is InChI=1S/C25H30N4O.C18H24N4O.C7H6O/c30-24(25-11-18-8-19(12-25)10-20(9-18)13-25)28-23-21-6-7-29(15-22(21)26-16-27-23)14-17-4-2-1-3-5-17;23-17(18-6-11-3-12(7-18)5-13(4-11)8-18)22-16-14-1-2-19-9-15(14)20-10-21-16;8-6-7-4-2-1-3-5-7/h1-5,16,18-20H,6-15H2,(H,26,27,28,30);10-13,19H,1-9H2,(H,20,21,22,23);1-6H. The molecule has 11 nitrogen and oxygen atoms in total. The second-order valence-corrected chi connectivity index (χ2v) is 20.0. The fraction of sp³-hybridized carbons (Fsp3) is 0.540. The Kier molecular flexibility index (Phi) is 11.3. The van der Waals surface area contributed by atoms with Gasteiger partial charge in [0.15, 0.2) is 0 Å². The monoisotopic (exact) mass is 820 g/mol. The van der Waals surface area contributed by atoms with Gasteiger partial charge in [0, 0.05) is 42.9 Å². The van der Waals surface area contributed by atoms with E-state index in [1.54, 1.807) is 24.8 Å². The molecule has 0 saturated heterocycles. The predicted molar refractivity (Wildman–Crippen MR) is 234 cm³/mol. The van der Waals surface area contributed by atoms with Gasteiger partial charge in [0.1, 0.15) is 30.6 Å². The lowest BCUT2D eigenvalue weighted by Crippen LogP contribution is -2.52. The SMILES string of the molecule is O=C(Nc1ncnc2c1CCN(Cc1ccccc1)C2)C12CC3CC(CC(C3)C1)C2.O=C(Nc1ncnc2c1CCNC2)C12CC3CC(CC(C3)C1)C2.O=Cc1ccccc1. The van der Waals surface area contributed by atoms with Crippen molar-refractivity contribution in [3.8, 4) is 0 Å². The van der Waals surface area contributed by atoms with Crippen molar-refractivity contribution in [1.29, 1.82) is 0 Å². The van der Waals surface area contributed by atoms with Crippen LogP contribution >= 0.6 is 0 Å². The molecular weight excluding hydrogens is 761 g/mol. The van der Waals surface area contributed by atoms with Crippen LogP contribution in [0.15, 0.2) is 73.3 Å². The molecule has 2 aliphatic heterocycles. The van der Waals surface area contributed by atoms with E-state index in [1.165, 1.54) is 44.1 Å². The lowest BCUT2D eigenvalue weighted by molar-refractivity contribution is -0.141. The van der Waals surface area contributed by atoms with Crippen molar-refractivity contribution in [2.45, 2.75) is 110 Å². The van der Waals surface area contributed by atoms with Crippen molar-refractivity contribution in [3.63, 3.8) is 0 Å². The van der Waals surface area contributed by atoms with Crippen molar-refractivity contribution in [2.75, 3.05) is 23.7 Å². The molecular formula is C50H60N8O3. The maximum atomic E-state index is 13.5. The van der Waals surface area contributed by atoms with Gasteiger partial charge >= 0.3 is 0 Å². The Hall–Kier alpha value is -4.87. The largest absolute Gasteiger partial charge is 0.311 e. The van der Waals surface area contributed by atoms with Crippen molar-refractivity contribution >= 4 is 29.7 Å². The first kappa shape index (κ1) is 40.2. The molecule has 61 heavy (non-hydrogen) atoms. The first-order valence-electron chi connectivity index (χ1n) is 23.1. The highest BCUT2D eigenvalue weighted by atomic mass is 16.2. The lowest BCUT2D eigenvalue weighted by atomic mass is 9.49. The van der Waals surface area contributed by atoms with E-state index in [0.29, 0.717) is 0 Å². The average molecular weight is 821 g/mol. The highest BCUT2D eigenvalue weighted by Crippen LogP contribution is 2.61. The van der Waals surface area contributed by atoms with Crippen LogP contribution in [-0.2, 0) is 42.1 Å². The maximum absolute atomic E-state index is 13.5. The summed E-state index contributed by atoms with van der Waals surface area (Å²) in [7, 11) is 0. The van der Waals surface area contributed by atoms with Crippen LogP contribution in [0.25, 0.3) is 0 Å². The molecule has 2 amide bonds. The fourth-order valence-corrected chi connectivity index (χ4v) is 13.7. The van der Waals surface area contributed by atoms with Gasteiger partial charge in [-0.3, -0.25) is 19.3 Å². The van der Waals surface area contributed by atoms with Crippen LogP contribution in [0.5, 0.6) is 0 Å². The number of rotatable bonds is 7. The number of hydrogen-bond acceptors (Lipinski definition) is 9. The van der Waals surface area contributed by atoms with E-state index in [4.69, 9.17) is 0 Å². The molecule has 8 fully saturated rings. The number of carbonyl (C=O) groups excluding carboxylic acids is 3. The first-order valence-corrected chi connectivity index (χ1v) is 23.1. The van der Waals surface area contributed by atoms with Gasteiger partial charge in [-0.1, -0.05) is 60.7 Å². The molecule has 8 saturated carbocycles. The molecule has 0 spiro atoms. The summed E-state index contributed by atoms with van der Waals surface area (Å²) >= 11 is 0. The molecule has 8 aliphatic carbocycles. The van der Waals surface area contributed by atoms with E-state index in [0.717, 1.165) is 166 Å². The minimum absolute atomic E-state index is 0.112. The number of benzene rings is 2. The Morgan fingerprint density at radius 1 is 0.639 bits per heavy atom. The summed E-state index contributed by atoms with van der Waals surface area (Å²) in [5.74, 6) is 6.66. The number of fused-ring (bicyclic) bond motifs is 2. The Balaban J connectivity index is 0.000000127. The highest BCUT2D eigenvalue weighted by Gasteiger charge is 2.56. The van der Waals surface area contributed by atoms with Crippen LogP contribution in [0.3, 0.4) is 0 Å². The summed E-state index contributed by atoms with van der Waals surface area (Å²) in [5, 5.41) is 9.82. The third kappa shape index (κ3) is 8.52. The number of nitrogens with zero attached hydrogens (tertiary/aromatic N) is 5. The Morgan fingerprint density at radius 3 is 1.61 bits per heavy atom. The van der Waals surface area contributed by atoms with Gasteiger partial charge in [-0.25, -0.2) is 19.9 Å². The zero-order valence-corrected chi connectivity index (χ0v) is 35.4. The molecule has 10 aliphatic rings. The quantitative estimate of drug-likeness (QED) is 0.158. The summed E-state index contributed by atoms with van der Waals surface area (Å²) in [4.78, 5) is 56.9. The van der Waals surface area contributed by atoms with E-state index in [1.807, 2.05) is 18.2 Å². The number of aldehydes is 1. The lowest BCUT2D eigenvalue weighted by Gasteiger charge is -2.55. The van der Waals surface area contributed by atoms with Crippen molar-refractivity contribution in [3.05, 3.63) is 107 Å². The molecule has 3 N–H and O–H groups in total. The Labute approximate surface area is 359 Å². The van der Waals surface area contributed by atoms with Crippen molar-refractivity contribution in [2.24, 2.45) is 46.3 Å². The topological polar surface area (TPSA) is 142 Å². The predicted octanol–water partition coefficient (Wildman–Crippen LogP) is 7.97. The summed E-state index contributed by atoms with van der Waals surface area (Å²) in [6.45, 7) is 4.42. The van der Waals surface area contributed by atoms with Crippen molar-refractivity contribution < 1.29 is 14.4 Å². The number of aromatic nitrogens is 4. The van der Waals surface area contributed by atoms with E-state index in [2.05, 4.69) is 71.1 Å². The van der Waals surface area contributed by atoms with Gasteiger partial charge in [-0.15, -0.1) is 0 Å². The van der Waals surface area contributed by atoms with Gasteiger partial charge in [0.05, 0.1) is 22.2 Å². The van der Waals surface area contributed by atoms with Crippen molar-refractivity contribution in [1.82, 2.24) is 30.2 Å². The van der Waals surface area contributed by atoms with Crippen LogP contribution in [0.2, 0.25) is 0 Å². The summed E-state index contributed by atoms with van der Waals surface area (Å²) < 4.78 is 0. The molecule has 4 heterocycles. The van der Waals surface area contributed by atoms with Gasteiger partial charge in [-0.05, 0) is 138 Å². The molecule has 14 rings (SSSR count). The van der Waals surface area contributed by atoms with Gasteiger partial charge in [0.25, 0.3) is 0 Å². The Bertz CT molecular complexity index is 2160. The molecule has 11 heteroatoms. The minimum atomic E-state index is -0.138. The summed E-state index contributed by atoms with van der Waals surface area (Å²) in [6.07, 6.45) is 20.5. The molecule has 2 aromatic heterocycles. The van der Waals surface area contributed by atoms with Gasteiger partial charge in [0.2, 0.25) is 11.8 Å². The van der Waals surface area contributed by atoms with Crippen LogP contribution in [-0.4, -0.2) is 56.0 Å². The third-order valence-corrected chi connectivity index (χ3v) is 15.7. The van der Waals surface area contributed by atoms with Gasteiger partial charge in [-0.2, -0.15) is 0 Å². The number of carbonyl (C=O) groups is 3. The molecule has 318 valence electrons. The van der Waals surface area contributed by atoms with E-state index in [-0.39, 0.29) is 22.6 Å². The number of nitrogens with one attached hydrogen (secondary N) is 3. The van der Waals surface area contributed by atoms with Gasteiger partial charge < -0.3 is 16.0 Å². The van der Waals surface area contributed by atoms with Crippen LogP contribution < -0.4 is 16.0 Å². The van der Waals surface area contributed by atoms with E-state index < -0.39 is 0 Å². The highest BCUT2D eigenvalue weighted by molar-refractivity contribution is 5.96. The zero-order valence-electron chi connectivity index (χ0n) is 35.4. The molecule has 2 aromatic carbocycles. The fourth-order valence-electron chi connectivity index (χ4n) is 13.7. The summed E-state index contributed by atoms with van der Waals surface area (Å²) in [5.41, 5.74) is 6.17.